The predicted octanol–water partition coefficient (Wildman–Crippen LogP) is 2.42. The summed E-state index contributed by atoms with van der Waals surface area (Å²) in [7, 11) is 0. The van der Waals surface area contributed by atoms with Crippen LogP contribution in [0.4, 0.5) is 0 Å². The number of benzene rings is 1. The minimum absolute atomic E-state index is 0.255. The first-order valence-corrected chi connectivity index (χ1v) is 7.10. The summed E-state index contributed by atoms with van der Waals surface area (Å²) in [6.45, 7) is 4.29. The van der Waals surface area contributed by atoms with Crippen LogP contribution in [0.25, 0.3) is 0 Å². The maximum Gasteiger partial charge on any atom is 0.119 e. The lowest BCUT2D eigenvalue weighted by Crippen LogP contribution is -2.36. The molecule has 1 aromatic carbocycles. The Morgan fingerprint density at radius 3 is 2.68 bits per heavy atom. The topological polar surface area (TPSA) is 56.5 Å². The molecule has 0 aliphatic carbocycles. The lowest BCUT2D eigenvalue weighted by molar-refractivity contribution is 0.0706. The van der Waals surface area contributed by atoms with Crippen molar-refractivity contribution in [2.24, 2.45) is 0 Å². The fourth-order valence-electron chi connectivity index (χ4n) is 1.66. The number of likely N-dealkylation sites (N-methyl/N-ethyl adjacent to an activating group) is 1. The number of halogens is 1. The molecule has 0 aliphatic heterocycles. The molecule has 0 amide bonds. The van der Waals surface area contributed by atoms with Crippen molar-refractivity contribution in [3.05, 3.63) is 28.7 Å². The van der Waals surface area contributed by atoms with E-state index >= 15 is 0 Å². The number of nitriles is 1. The molecule has 0 radical (unpaired) electrons. The first-order chi connectivity index (χ1) is 9.15. The van der Waals surface area contributed by atoms with Crippen molar-refractivity contribution in [3.63, 3.8) is 0 Å². The Morgan fingerprint density at radius 2 is 2.11 bits per heavy atom. The van der Waals surface area contributed by atoms with E-state index in [1.54, 1.807) is 0 Å². The zero-order chi connectivity index (χ0) is 14.1. The highest BCUT2D eigenvalue weighted by atomic mass is 79.9. The Kier molecular flexibility index (Phi) is 7.49. The van der Waals surface area contributed by atoms with E-state index in [2.05, 4.69) is 22.0 Å². The van der Waals surface area contributed by atoms with Gasteiger partial charge in [-0.15, -0.1) is 0 Å². The van der Waals surface area contributed by atoms with Crippen LogP contribution < -0.4 is 4.74 Å². The molecule has 0 saturated heterocycles. The van der Waals surface area contributed by atoms with Crippen molar-refractivity contribution in [2.75, 3.05) is 26.2 Å². The van der Waals surface area contributed by atoms with Gasteiger partial charge in [0.05, 0.1) is 6.07 Å². The van der Waals surface area contributed by atoms with Crippen molar-refractivity contribution >= 4 is 15.9 Å². The number of hydrogen-bond donors (Lipinski definition) is 1. The fraction of sp³-hybridized carbons (Fsp3) is 0.500. The number of nitrogens with zero attached hydrogens (tertiary/aromatic N) is 2. The van der Waals surface area contributed by atoms with Gasteiger partial charge in [0.15, 0.2) is 0 Å². The minimum Gasteiger partial charge on any atom is -0.491 e. The molecule has 104 valence electrons. The SMILES string of the molecule is CCN(CCC#N)CC(O)COc1ccc(Br)cc1. The quantitative estimate of drug-likeness (QED) is 0.797. The molecule has 0 aliphatic rings. The summed E-state index contributed by atoms with van der Waals surface area (Å²) in [5, 5.41) is 18.5. The Bertz CT molecular complexity index is 403. The molecular formula is C14H19BrN2O2. The fourth-order valence-corrected chi connectivity index (χ4v) is 1.92. The molecular weight excluding hydrogens is 308 g/mol. The number of hydrogen-bond acceptors (Lipinski definition) is 4. The largest absolute Gasteiger partial charge is 0.491 e. The second-order valence-electron chi connectivity index (χ2n) is 4.22. The lowest BCUT2D eigenvalue weighted by Gasteiger charge is -2.22. The van der Waals surface area contributed by atoms with Crippen molar-refractivity contribution in [1.82, 2.24) is 4.90 Å². The normalized spacial score (nSPS) is 12.2. The van der Waals surface area contributed by atoms with Crippen LogP contribution in [0, 0.1) is 11.3 Å². The van der Waals surface area contributed by atoms with Crippen molar-refractivity contribution in [1.29, 1.82) is 5.26 Å². The maximum atomic E-state index is 9.91. The monoisotopic (exact) mass is 326 g/mol. The third kappa shape index (κ3) is 6.58. The summed E-state index contributed by atoms with van der Waals surface area (Å²) in [6, 6.07) is 9.60. The third-order valence-electron chi connectivity index (χ3n) is 2.71. The van der Waals surface area contributed by atoms with Crippen LogP contribution in [0.15, 0.2) is 28.7 Å². The Morgan fingerprint density at radius 1 is 1.42 bits per heavy atom. The van der Waals surface area contributed by atoms with Gasteiger partial charge >= 0.3 is 0 Å². The van der Waals surface area contributed by atoms with Crippen LogP contribution in [0.3, 0.4) is 0 Å². The minimum atomic E-state index is -0.553. The van der Waals surface area contributed by atoms with Gasteiger partial charge in [-0.05, 0) is 30.8 Å². The predicted molar refractivity (Wildman–Crippen MR) is 78.0 cm³/mol. The van der Waals surface area contributed by atoms with Gasteiger partial charge in [0, 0.05) is 24.0 Å². The molecule has 5 heteroatoms. The summed E-state index contributed by atoms with van der Waals surface area (Å²) >= 11 is 3.35. The highest BCUT2D eigenvalue weighted by Gasteiger charge is 2.10. The molecule has 0 saturated carbocycles. The van der Waals surface area contributed by atoms with Gasteiger partial charge in [-0.3, -0.25) is 4.90 Å². The van der Waals surface area contributed by atoms with Crippen LogP contribution in [-0.2, 0) is 0 Å². The Hall–Kier alpha value is -1.09. The lowest BCUT2D eigenvalue weighted by atomic mass is 10.3. The summed E-state index contributed by atoms with van der Waals surface area (Å²) in [4.78, 5) is 2.04. The van der Waals surface area contributed by atoms with Crippen molar-refractivity contribution < 1.29 is 9.84 Å². The van der Waals surface area contributed by atoms with E-state index in [0.29, 0.717) is 19.5 Å². The molecule has 0 fully saturated rings. The summed E-state index contributed by atoms with van der Waals surface area (Å²) in [6.07, 6.45) is -0.0731. The van der Waals surface area contributed by atoms with E-state index in [4.69, 9.17) is 10.00 Å². The summed E-state index contributed by atoms with van der Waals surface area (Å²) in [5.74, 6) is 0.738. The standard InChI is InChI=1S/C14H19BrN2O2/c1-2-17(9-3-8-16)10-13(18)11-19-14-6-4-12(15)5-7-14/h4-7,13,18H,2-3,9-11H2,1H3. The smallest absolute Gasteiger partial charge is 0.119 e. The van der Waals surface area contributed by atoms with E-state index in [1.807, 2.05) is 36.1 Å². The van der Waals surface area contributed by atoms with E-state index in [1.165, 1.54) is 0 Å². The van der Waals surface area contributed by atoms with Gasteiger partial charge in [0.2, 0.25) is 0 Å². The second-order valence-corrected chi connectivity index (χ2v) is 5.14. The number of ether oxygens (including phenoxy) is 1. The van der Waals surface area contributed by atoms with Gasteiger partial charge in [0.25, 0.3) is 0 Å². The summed E-state index contributed by atoms with van der Waals surface area (Å²) < 4.78 is 6.50. The molecule has 0 aromatic heterocycles. The van der Waals surface area contributed by atoms with Crippen molar-refractivity contribution in [2.45, 2.75) is 19.4 Å². The number of rotatable bonds is 8. The summed E-state index contributed by atoms with van der Waals surface area (Å²) in [5.41, 5.74) is 0. The van der Waals surface area contributed by atoms with Gasteiger partial charge in [-0.2, -0.15) is 5.26 Å². The van der Waals surface area contributed by atoms with Gasteiger partial charge in [0.1, 0.15) is 18.5 Å². The molecule has 1 aromatic rings. The average Bonchev–Trinajstić information content (AvgIpc) is 2.42. The molecule has 1 unspecified atom stereocenters. The Labute approximate surface area is 122 Å². The van der Waals surface area contributed by atoms with Crippen LogP contribution >= 0.6 is 15.9 Å². The molecule has 1 N–H and O–H groups in total. The highest BCUT2D eigenvalue weighted by molar-refractivity contribution is 9.10. The molecule has 0 bridgehead atoms. The third-order valence-corrected chi connectivity index (χ3v) is 3.24. The van der Waals surface area contributed by atoms with E-state index in [9.17, 15) is 5.11 Å². The van der Waals surface area contributed by atoms with Gasteiger partial charge in [-0.25, -0.2) is 0 Å². The molecule has 4 nitrogen and oxygen atoms in total. The zero-order valence-electron chi connectivity index (χ0n) is 11.1. The highest BCUT2D eigenvalue weighted by Crippen LogP contribution is 2.16. The van der Waals surface area contributed by atoms with Gasteiger partial charge < -0.3 is 9.84 Å². The maximum absolute atomic E-state index is 9.91. The molecule has 19 heavy (non-hydrogen) atoms. The zero-order valence-corrected chi connectivity index (χ0v) is 12.6. The van der Waals surface area contributed by atoms with E-state index in [0.717, 1.165) is 16.8 Å². The molecule has 1 atom stereocenters. The second kappa shape index (κ2) is 8.92. The van der Waals surface area contributed by atoms with Crippen LogP contribution in [0.1, 0.15) is 13.3 Å². The first-order valence-electron chi connectivity index (χ1n) is 6.31. The van der Waals surface area contributed by atoms with Crippen LogP contribution in [0.5, 0.6) is 5.75 Å². The molecule has 0 heterocycles. The first kappa shape index (κ1) is 16.0. The Balaban J connectivity index is 2.32. The van der Waals surface area contributed by atoms with E-state index < -0.39 is 6.10 Å². The van der Waals surface area contributed by atoms with Crippen LogP contribution in [-0.4, -0.2) is 42.4 Å². The number of aliphatic hydroxyl groups excluding tert-OH is 1. The van der Waals surface area contributed by atoms with Gasteiger partial charge in [-0.1, -0.05) is 22.9 Å². The molecule has 0 spiro atoms. The average molecular weight is 327 g/mol. The molecule has 1 rings (SSSR count). The van der Waals surface area contributed by atoms with Crippen LogP contribution in [0.2, 0.25) is 0 Å². The number of aliphatic hydroxyl groups is 1. The van der Waals surface area contributed by atoms with E-state index in [-0.39, 0.29) is 6.61 Å². The van der Waals surface area contributed by atoms with Crippen molar-refractivity contribution in [3.8, 4) is 11.8 Å².